The largest absolute Gasteiger partial charge is 0.493 e. The summed E-state index contributed by atoms with van der Waals surface area (Å²) in [6.07, 6.45) is 4.41. The van der Waals surface area contributed by atoms with Gasteiger partial charge in [0.1, 0.15) is 5.75 Å². The monoisotopic (exact) mass is 596 g/mol. The van der Waals surface area contributed by atoms with Crippen molar-refractivity contribution in [2.75, 3.05) is 31.2 Å². The third-order valence-corrected chi connectivity index (χ3v) is 8.40. The molecule has 0 atom stereocenters. The minimum absolute atomic E-state index is 0.000251. The highest BCUT2D eigenvalue weighted by Crippen LogP contribution is 2.39. The highest BCUT2D eigenvalue weighted by atomic mass is 32.2. The van der Waals surface area contributed by atoms with E-state index < -0.39 is 21.6 Å². The molecule has 2 aromatic carbocycles. The number of carbonyl (C=O) groups is 1. The van der Waals surface area contributed by atoms with E-state index in [-0.39, 0.29) is 24.2 Å². The van der Waals surface area contributed by atoms with Crippen molar-refractivity contribution in [1.82, 2.24) is 14.7 Å². The van der Waals surface area contributed by atoms with Crippen molar-refractivity contribution in [3.63, 3.8) is 0 Å². The van der Waals surface area contributed by atoms with Gasteiger partial charge in [0, 0.05) is 38.5 Å². The number of hydrogen-bond donors (Lipinski definition) is 2. The van der Waals surface area contributed by atoms with Gasteiger partial charge in [-0.25, -0.2) is 14.7 Å². The number of hydrogen-bond acceptors (Lipinski definition) is 9. The second kappa shape index (κ2) is 13.5. The number of piperidine rings is 1. The number of ether oxygens (including phenoxy) is 1. The maximum absolute atomic E-state index is 14.1. The van der Waals surface area contributed by atoms with E-state index in [0.29, 0.717) is 56.2 Å². The second-order valence-corrected chi connectivity index (χ2v) is 12.4. The van der Waals surface area contributed by atoms with Crippen LogP contribution in [0.4, 0.5) is 5.95 Å². The van der Waals surface area contributed by atoms with E-state index in [4.69, 9.17) is 14.0 Å². The van der Waals surface area contributed by atoms with Crippen molar-refractivity contribution < 1.29 is 27.2 Å². The number of anilines is 1. The molecule has 226 valence electrons. The van der Waals surface area contributed by atoms with Gasteiger partial charge in [0.05, 0.1) is 12.0 Å². The first-order chi connectivity index (χ1) is 20.1. The molecule has 0 unspecified atom stereocenters. The van der Waals surface area contributed by atoms with E-state index in [1.807, 2.05) is 56.9 Å². The van der Waals surface area contributed by atoms with Crippen molar-refractivity contribution in [1.29, 1.82) is 0 Å². The van der Waals surface area contributed by atoms with Crippen LogP contribution in [0.15, 0.2) is 60.9 Å². The number of nitrogens with one attached hydrogen (secondary N) is 1. The normalized spacial score (nSPS) is 15.1. The molecule has 1 amide bonds. The average molecular weight is 597 g/mol. The Hall–Kier alpha value is -3.70. The summed E-state index contributed by atoms with van der Waals surface area (Å²) in [7, 11) is -4.53. The van der Waals surface area contributed by atoms with Crippen molar-refractivity contribution in [3.05, 3.63) is 77.6 Å². The van der Waals surface area contributed by atoms with Crippen LogP contribution in [0, 0.1) is 0 Å². The van der Waals surface area contributed by atoms with E-state index in [2.05, 4.69) is 14.7 Å². The third kappa shape index (κ3) is 7.19. The Labute approximate surface area is 248 Å². The molecule has 2 N–H and O–H groups in total. The lowest BCUT2D eigenvalue weighted by Crippen LogP contribution is -2.53. The number of carbonyl (C=O) groups excluding carboxylic acids is 1. The van der Waals surface area contributed by atoms with Crippen molar-refractivity contribution in [2.24, 2.45) is 0 Å². The summed E-state index contributed by atoms with van der Waals surface area (Å²) >= 11 is 0. The zero-order chi connectivity index (χ0) is 30.3. The quantitative estimate of drug-likeness (QED) is 0.291. The van der Waals surface area contributed by atoms with Crippen molar-refractivity contribution in [3.8, 4) is 11.5 Å². The Kier molecular flexibility index (Phi) is 10.1. The molecule has 4 rings (SSSR count). The second-order valence-electron chi connectivity index (χ2n) is 11.1. The number of nitrogens with zero attached hydrogens (tertiary/aromatic N) is 3. The first kappa shape index (κ1) is 31.2. The fourth-order valence-electron chi connectivity index (χ4n) is 5.25. The van der Waals surface area contributed by atoms with Crippen LogP contribution in [0.2, 0.25) is 0 Å². The third-order valence-electron chi connectivity index (χ3n) is 7.58. The van der Waals surface area contributed by atoms with Gasteiger partial charge in [-0.2, -0.15) is 8.42 Å². The molecule has 2 heterocycles. The minimum Gasteiger partial charge on any atom is -0.493 e. The molecular formula is C31H40N4O6S. The van der Waals surface area contributed by atoms with E-state index in [9.17, 15) is 13.2 Å². The van der Waals surface area contributed by atoms with E-state index in [0.717, 1.165) is 11.1 Å². The summed E-state index contributed by atoms with van der Waals surface area (Å²) in [6.45, 7) is 9.04. The molecule has 0 saturated carbocycles. The molecule has 1 fully saturated rings. The maximum atomic E-state index is 14.1. The molecule has 10 nitrogen and oxygen atoms in total. The SMILES string of the molecule is CC(C)c1cccc(C(C)C)c1OS(=O)(=O)NC(=O)C1(c2cccc(OCCCO)c2)CCN(c2ncccn2)CC1. The van der Waals surface area contributed by atoms with E-state index >= 15 is 0 Å². The number of rotatable bonds is 12. The predicted octanol–water partition coefficient (Wildman–Crippen LogP) is 4.46. The summed E-state index contributed by atoms with van der Waals surface area (Å²) < 4.78 is 40.7. The van der Waals surface area contributed by atoms with Crippen LogP contribution in [0.25, 0.3) is 0 Å². The van der Waals surface area contributed by atoms with Gasteiger partial charge in [-0.1, -0.05) is 58.0 Å². The summed E-state index contributed by atoms with van der Waals surface area (Å²) in [5.41, 5.74) is 0.947. The standard InChI is InChI=1S/C31H40N4O6S/c1-22(2)26-11-6-12-27(23(3)4)28(26)41-42(38,39)34-29(37)31(24-9-5-10-25(21-24)40-20-8-19-36)13-17-35(18-14-31)30-32-15-7-16-33-30/h5-7,9-12,15-16,21-23,36H,8,13-14,17-20H2,1-4H3,(H,34,37). The zero-order valence-electron chi connectivity index (χ0n) is 24.6. The zero-order valence-corrected chi connectivity index (χ0v) is 25.4. The van der Waals surface area contributed by atoms with Gasteiger partial charge in [-0.15, -0.1) is 0 Å². The fourth-order valence-corrected chi connectivity index (χ4v) is 6.12. The van der Waals surface area contributed by atoms with Crippen molar-refractivity contribution >= 4 is 22.2 Å². The first-order valence-corrected chi connectivity index (χ1v) is 15.7. The molecule has 0 aliphatic carbocycles. The van der Waals surface area contributed by atoms with Gasteiger partial charge < -0.3 is 18.9 Å². The molecule has 0 bridgehead atoms. The Morgan fingerprint density at radius 3 is 2.21 bits per heavy atom. The van der Waals surface area contributed by atoms with Crippen LogP contribution in [-0.2, 0) is 20.5 Å². The van der Waals surface area contributed by atoms with Crippen LogP contribution >= 0.6 is 0 Å². The van der Waals surface area contributed by atoms with Gasteiger partial charge in [0.2, 0.25) is 11.9 Å². The molecule has 1 saturated heterocycles. The Bertz CT molecular complexity index is 1430. The van der Waals surface area contributed by atoms with Crippen molar-refractivity contribution in [2.45, 2.75) is 64.2 Å². The molecule has 1 aliphatic heterocycles. The Morgan fingerprint density at radius 1 is 1.00 bits per heavy atom. The van der Waals surface area contributed by atoms with Crippen LogP contribution in [-0.4, -0.2) is 55.7 Å². The Morgan fingerprint density at radius 2 is 1.62 bits per heavy atom. The molecule has 11 heteroatoms. The maximum Gasteiger partial charge on any atom is 0.409 e. The molecule has 3 aromatic rings. The summed E-state index contributed by atoms with van der Waals surface area (Å²) in [4.78, 5) is 24.7. The fraction of sp³-hybridized carbons (Fsp3) is 0.452. The van der Waals surface area contributed by atoms with E-state index in [1.165, 1.54) is 0 Å². The topological polar surface area (TPSA) is 131 Å². The summed E-state index contributed by atoms with van der Waals surface area (Å²) in [5.74, 6) is 0.690. The lowest BCUT2D eigenvalue weighted by atomic mass is 9.72. The van der Waals surface area contributed by atoms with Gasteiger partial charge in [0.25, 0.3) is 0 Å². The smallest absolute Gasteiger partial charge is 0.409 e. The predicted molar refractivity (Wildman–Crippen MR) is 161 cm³/mol. The molecule has 42 heavy (non-hydrogen) atoms. The average Bonchev–Trinajstić information content (AvgIpc) is 2.97. The Balaban J connectivity index is 1.65. The van der Waals surface area contributed by atoms with Crippen LogP contribution in [0.5, 0.6) is 11.5 Å². The van der Waals surface area contributed by atoms with Gasteiger partial charge in [-0.05, 0) is 59.6 Å². The number of para-hydroxylation sites is 1. The van der Waals surface area contributed by atoms with Gasteiger partial charge >= 0.3 is 10.3 Å². The molecule has 0 spiro atoms. The molecule has 1 aromatic heterocycles. The van der Waals surface area contributed by atoms with Crippen LogP contribution < -0.4 is 18.5 Å². The highest BCUT2D eigenvalue weighted by Gasteiger charge is 2.45. The number of aromatic nitrogens is 2. The molecular weight excluding hydrogens is 556 g/mol. The summed E-state index contributed by atoms with van der Waals surface area (Å²) in [6, 6.07) is 14.4. The minimum atomic E-state index is -4.53. The lowest BCUT2D eigenvalue weighted by Gasteiger charge is -2.40. The summed E-state index contributed by atoms with van der Waals surface area (Å²) in [5, 5.41) is 9.13. The number of aliphatic hydroxyl groups is 1. The van der Waals surface area contributed by atoms with Gasteiger partial charge in [-0.3, -0.25) is 4.79 Å². The van der Waals surface area contributed by atoms with Crippen LogP contribution in [0.3, 0.4) is 0 Å². The molecule has 1 aliphatic rings. The number of aliphatic hydroxyl groups excluding tert-OH is 1. The lowest BCUT2D eigenvalue weighted by molar-refractivity contribution is -0.125. The highest BCUT2D eigenvalue weighted by molar-refractivity contribution is 7.85. The van der Waals surface area contributed by atoms with Gasteiger partial charge in [0.15, 0.2) is 5.75 Å². The number of amides is 1. The first-order valence-electron chi connectivity index (χ1n) is 14.3. The van der Waals surface area contributed by atoms with Crippen LogP contribution in [0.1, 0.15) is 75.5 Å². The van der Waals surface area contributed by atoms with E-state index in [1.54, 1.807) is 36.7 Å². The molecule has 0 radical (unpaired) electrons. The number of benzene rings is 2.